The minimum absolute atomic E-state index is 0.0354. The minimum atomic E-state index is -0.592. The van der Waals surface area contributed by atoms with Gasteiger partial charge in [0.15, 0.2) is 0 Å². The van der Waals surface area contributed by atoms with E-state index in [2.05, 4.69) is 21.0 Å². The van der Waals surface area contributed by atoms with Crippen LogP contribution >= 0.6 is 15.9 Å². The number of aromatic nitrogens is 2. The molecule has 2 rings (SSSR count). The number of halogens is 1. The Bertz CT molecular complexity index is 670. The van der Waals surface area contributed by atoms with Crippen LogP contribution in [0.3, 0.4) is 0 Å². The summed E-state index contributed by atoms with van der Waals surface area (Å²) in [6.07, 6.45) is 1.84. The molecule has 20 heavy (non-hydrogen) atoms. The quantitative estimate of drug-likeness (QED) is 0.614. The molecular formula is C11H9BrN4O4. The summed E-state index contributed by atoms with van der Waals surface area (Å²) < 4.78 is 1.67. The zero-order chi connectivity index (χ0) is 14.7. The van der Waals surface area contributed by atoms with Gasteiger partial charge in [0.2, 0.25) is 0 Å². The number of aryl methyl sites for hydroxylation is 2. The third kappa shape index (κ3) is 2.99. The van der Waals surface area contributed by atoms with Crippen molar-refractivity contribution in [1.29, 1.82) is 0 Å². The van der Waals surface area contributed by atoms with Gasteiger partial charge in [0, 0.05) is 18.1 Å². The smallest absolute Gasteiger partial charge is 0.358 e. The molecule has 0 saturated heterocycles. The first-order chi connectivity index (χ1) is 9.49. The van der Waals surface area contributed by atoms with Crippen LogP contribution in [0.4, 0.5) is 11.5 Å². The molecule has 9 heteroatoms. The summed E-state index contributed by atoms with van der Waals surface area (Å²) in [7, 11) is 0. The lowest BCUT2D eigenvalue weighted by molar-refractivity contribution is -0.390. The molecule has 104 valence electrons. The minimum Gasteiger partial charge on any atom is -0.358 e. The van der Waals surface area contributed by atoms with Crippen LogP contribution in [-0.4, -0.2) is 19.6 Å². The van der Waals surface area contributed by atoms with E-state index < -0.39 is 9.85 Å². The number of rotatable bonds is 5. The van der Waals surface area contributed by atoms with Gasteiger partial charge in [-0.3, -0.25) is 10.1 Å². The second kappa shape index (κ2) is 5.78. The average Bonchev–Trinajstić information content (AvgIpc) is 2.78. The molecule has 0 N–H and O–H groups in total. The van der Waals surface area contributed by atoms with Crippen LogP contribution in [0.1, 0.15) is 5.56 Å². The van der Waals surface area contributed by atoms with Crippen molar-refractivity contribution in [1.82, 2.24) is 9.78 Å². The molecule has 2 aromatic rings. The third-order valence-electron chi connectivity index (χ3n) is 2.67. The lowest BCUT2D eigenvalue weighted by Gasteiger charge is -2.01. The Kier molecular flexibility index (Phi) is 4.08. The Morgan fingerprint density at radius 1 is 1.20 bits per heavy atom. The second-order valence-electron chi connectivity index (χ2n) is 3.96. The van der Waals surface area contributed by atoms with Gasteiger partial charge in [-0.1, -0.05) is 18.2 Å². The number of hydrogen-bond acceptors (Lipinski definition) is 5. The van der Waals surface area contributed by atoms with Gasteiger partial charge in [-0.25, -0.2) is 0 Å². The number of para-hydroxylation sites is 1. The molecule has 0 aliphatic heterocycles. The highest BCUT2D eigenvalue weighted by Gasteiger charge is 2.19. The molecular weight excluding hydrogens is 332 g/mol. The second-order valence-corrected chi connectivity index (χ2v) is 4.81. The fraction of sp³-hybridized carbons (Fsp3) is 0.182. The third-order valence-corrected chi connectivity index (χ3v) is 3.23. The van der Waals surface area contributed by atoms with E-state index in [1.807, 2.05) is 0 Å². The molecule has 8 nitrogen and oxygen atoms in total. The lowest BCUT2D eigenvalue weighted by Crippen LogP contribution is -2.04. The summed E-state index contributed by atoms with van der Waals surface area (Å²) >= 11 is 3.05. The molecule has 0 saturated carbocycles. The lowest BCUT2D eigenvalue weighted by atomic mass is 10.1. The van der Waals surface area contributed by atoms with Crippen LogP contribution in [0, 0.1) is 20.2 Å². The molecule has 0 atom stereocenters. The van der Waals surface area contributed by atoms with Crippen LogP contribution in [-0.2, 0) is 13.0 Å². The van der Waals surface area contributed by atoms with Crippen molar-refractivity contribution >= 4 is 27.4 Å². The summed E-state index contributed by atoms with van der Waals surface area (Å²) in [6, 6.07) is 6.39. The summed E-state index contributed by atoms with van der Waals surface area (Å²) in [5.74, 6) is -0.271. The van der Waals surface area contributed by atoms with E-state index in [-0.39, 0.29) is 16.0 Å². The van der Waals surface area contributed by atoms with Crippen LogP contribution in [0.5, 0.6) is 0 Å². The number of nitro groups is 2. The maximum atomic E-state index is 10.9. The first kappa shape index (κ1) is 14.1. The van der Waals surface area contributed by atoms with Gasteiger partial charge >= 0.3 is 5.82 Å². The molecule has 1 aromatic carbocycles. The summed E-state index contributed by atoms with van der Waals surface area (Å²) in [5.41, 5.74) is 0.597. The zero-order valence-electron chi connectivity index (χ0n) is 10.1. The van der Waals surface area contributed by atoms with Gasteiger partial charge in [-0.05, 0) is 20.9 Å². The van der Waals surface area contributed by atoms with E-state index in [1.165, 1.54) is 16.9 Å². The van der Waals surface area contributed by atoms with Crippen molar-refractivity contribution < 1.29 is 9.85 Å². The van der Waals surface area contributed by atoms with Crippen molar-refractivity contribution in [3.8, 4) is 0 Å². The maximum Gasteiger partial charge on any atom is 0.404 e. The van der Waals surface area contributed by atoms with E-state index in [0.717, 1.165) is 0 Å². The SMILES string of the molecule is O=[N+]([O-])c1ccccc1CCn1cc(Br)c([N+](=O)[O-])n1. The molecule has 0 bridgehead atoms. The Morgan fingerprint density at radius 3 is 2.50 bits per heavy atom. The number of hydrogen-bond donors (Lipinski definition) is 0. The molecule has 0 fully saturated rings. The molecule has 0 spiro atoms. The van der Waals surface area contributed by atoms with Crippen LogP contribution in [0.25, 0.3) is 0 Å². The maximum absolute atomic E-state index is 10.9. The Morgan fingerprint density at radius 2 is 1.90 bits per heavy atom. The Hall–Kier alpha value is -2.29. The highest BCUT2D eigenvalue weighted by atomic mass is 79.9. The van der Waals surface area contributed by atoms with Crippen molar-refractivity contribution in [2.24, 2.45) is 0 Å². The summed E-state index contributed by atoms with van der Waals surface area (Å²) in [6.45, 7) is 0.317. The van der Waals surface area contributed by atoms with E-state index in [9.17, 15) is 20.2 Å². The van der Waals surface area contributed by atoms with Crippen LogP contribution in [0.15, 0.2) is 34.9 Å². The standard InChI is InChI=1S/C11H9BrN4O4/c12-9-7-14(13-11(9)16(19)20)6-5-8-3-1-2-4-10(8)15(17)18/h1-4,7H,5-6H2. The predicted octanol–water partition coefficient (Wildman–Crippen LogP) is 2.70. The highest BCUT2D eigenvalue weighted by Crippen LogP contribution is 2.23. The Labute approximate surface area is 121 Å². The summed E-state index contributed by atoms with van der Waals surface area (Å²) in [5, 5.41) is 25.3. The average molecular weight is 341 g/mol. The molecule has 0 amide bonds. The fourth-order valence-corrected chi connectivity index (χ4v) is 2.22. The molecule has 0 unspecified atom stereocenters. The summed E-state index contributed by atoms with van der Waals surface area (Å²) in [4.78, 5) is 20.5. The molecule has 0 radical (unpaired) electrons. The normalized spacial score (nSPS) is 10.4. The predicted molar refractivity (Wildman–Crippen MR) is 73.4 cm³/mol. The van der Waals surface area contributed by atoms with Crippen molar-refractivity contribution in [2.45, 2.75) is 13.0 Å². The first-order valence-corrected chi connectivity index (χ1v) is 6.38. The van der Waals surface area contributed by atoms with Gasteiger partial charge in [-0.2, -0.15) is 4.68 Å². The van der Waals surface area contributed by atoms with Gasteiger partial charge in [0.05, 0.1) is 22.8 Å². The number of nitro benzene ring substituents is 1. The molecule has 1 aromatic heterocycles. The van der Waals surface area contributed by atoms with Gasteiger partial charge in [0.25, 0.3) is 5.69 Å². The van der Waals surface area contributed by atoms with Crippen molar-refractivity contribution in [2.75, 3.05) is 0 Å². The topological polar surface area (TPSA) is 104 Å². The molecule has 1 heterocycles. The largest absolute Gasteiger partial charge is 0.404 e. The van der Waals surface area contributed by atoms with E-state index in [1.54, 1.807) is 18.2 Å². The number of benzene rings is 1. The molecule has 0 aliphatic carbocycles. The van der Waals surface area contributed by atoms with E-state index in [0.29, 0.717) is 18.5 Å². The van der Waals surface area contributed by atoms with Crippen LogP contribution in [0.2, 0.25) is 0 Å². The monoisotopic (exact) mass is 340 g/mol. The van der Waals surface area contributed by atoms with Gasteiger partial charge < -0.3 is 10.1 Å². The van der Waals surface area contributed by atoms with Crippen molar-refractivity contribution in [3.05, 3.63) is 60.7 Å². The molecule has 0 aliphatic rings. The van der Waals surface area contributed by atoms with Crippen LogP contribution < -0.4 is 0 Å². The van der Waals surface area contributed by atoms with E-state index in [4.69, 9.17) is 0 Å². The van der Waals surface area contributed by atoms with Gasteiger partial charge in [0.1, 0.15) is 4.47 Å². The highest BCUT2D eigenvalue weighted by molar-refractivity contribution is 9.10. The van der Waals surface area contributed by atoms with Gasteiger partial charge in [-0.15, -0.1) is 0 Å². The zero-order valence-corrected chi connectivity index (χ0v) is 11.7. The van der Waals surface area contributed by atoms with E-state index >= 15 is 0 Å². The number of nitrogens with zero attached hydrogens (tertiary/aromatic N) is 4. The van der Waals surface area contributed by atoms with Crippen molar-refractivity contribution in [3.63, 3.8) is 0 Å². The fourth-order valence-electron chi connectivity index (χ4n) is 1.76. The Balaban J connectivity index is 2.15. The first-order valence-electron chi connectivity index (χ1n) is 5.58.